The Bertz CT molecular complexity index is 150. The molecule has 1 fully saturated rings. The Morgan fingerprint density at radius 1 is 1.75 bits per heavy atom. The summed E-state index contributed by atoms with van der Waals surface area (Å²) in [6.07, 6.45) is 2.01. The smallest absolute Gasteiger partial charge is 0.237 e. The van der Waals surface area contributed by atoms with Crippen molar-refractivity contribution >= 4 is 5.91 Å². The first-order valence-corrected chi connectivity index (χ1v) is 4.34. The molecule has 0 saturated carbocycles. The minimum atomic E-state index is -0.00565. The van der Waals surface area contributed by atoms with Crippen molar-refractivity contribution in [3.05, 3.63) is 0 Å². The molecule has 1 heterocycles. The number of carbonyl (C=O) groups is 1. The van der Waals surface area contributed by atoms with Crippen molar-refractivity contribution in [3.8, 4) is 0 Å². The van der Waals surface area contributed by atoms with E-state index in [9.17, 15) is 4.79 Å². The molecular weight excluding hydrogens is 156 g/mol. The zero-order valence-corrected chi connectivity index (χ0v) is 7.43. The van der Waals surface area contributed by atoms with Gasteiger partial charge in [0, 0.05) is 20.2 Å². The summed E-state index contributed by atoms with van der Waals surface area (Å²) in [6, 6.07) is -0.00565. The predicted molar refractivity (Wildman–Crippen MR) is 45.9 cm³/mol. The molecule has 1 aliphatic rings. The third kappa shape index (κ3) is 2.79. The van der Waals surface area contributed by atoms with E-state index in [1.54, 1.807) is 7.11 Å². The van der Waals surface area contributed by atoms with Crippen LogP contribution in [0.15, 0.2) is 0 Å². The van der Waals surface area contributed by atoms with Gasteiger partial charge in [0.15, 0.2) is 0 Å². The molecule has 0 bridgehead atoms. The Morgan fingerprint density at radius 3 is 3.25 bits per heavy atom. The number of rotatable bonds is 4. The van der Waals surface area contributed by atoms with Crippen molar-refractivity contribution < 1.29 is 9.53 Å². The van der Waals surface area contributed by atoms with Crippen LogP contribution >= 0.6 is 0 Å². The Labute approximate surface area is 72.7 Å². The van der Waals surface area contributed by atoms with E-state index in [1.165, 1.54) is 0 Å². The molecule has 2 N–H and O–H groups in total. The van der Waals surface area contributed by atoms with Gasteiger partial charge in [0.1, 0.15) is 0 Å². The van der Waals surface area contributed by atoms with Crippen LogP contribution in [0.1, 0.15) is 12.8 Å². The molecule has 1 aliphatic heterocycles. The second-order valence-corrected chi connectivity index (χ2v) is 2.93. The van der Waals surface area contributed by atoms with Gasteiger partial charge in [-0.1, -0.05) is 0 Å². The Kier molecular flexibility index (Phi) is 4.04. The SMILES string of the molecule is COCCNC1CCCNC1=O. The summed E-state index contributed by atoms with van der Waals surface area (Å²) in [5.41, 5.74) is 0. The predicted octanol–water partition coefficient (Wildman–Crippen LogP) is -0.499. The van der Waals surface area contributed by atoms with Crippen molar-refractivity contribution in [1.29, 1.82) is 0 Å². The topological polar surface area (TPSA) is 50.4 Å². The monoisotopic (exact) mass is 172 g/mol. The minimum Gasteiger partial charge on any atom is -0.383 e. The van der Waals surface area contributed by atoms with Gasteiger partial charge in [0.25, 0.3) is 0 Å². The van der Waals surface area contributed by atoms with Crippen LogP contribution in [0.5, 0.6) is 0 Å². The first-order valence-electron chi connectivity index (χ1n) is 4.34. The lowest BCUT2D eigenvalue weighted by Crippen LogP contribution is -2.48. The highest BCUT2D eigenvalue weighted by Crippen LogP contribution is 2.01. The highest BCUT2D eigenvalue weighted by atomic mass is 16.5. The lowest BCUT2D eigenvalue weighted by atomic mass is 10.1. The number of hydrogen-bond acceptors (Lipinski definition) is 3. The van der Waals surface area contributed by atoms with Crippen molar-refractivity contribution in [2.45, 2.75) is 18.9 Å². The van der Waals surface area contributed by atoms with Crippen LogP contribution in [0.4, 0.5) is 0 Å². The molecule has 1 rings (SSSR count). The van der Waals surface area contributed by atoms with Crippen molar-refractivity contribution in [2.75, 3.05) is 26.8 Å². The van der Waals surface area contributed by atoms with E-state index < -0.39 is 0 Å². The molecule has 0 radical (unpaired) electrons. The summed E-state index contributed by atoms with van der Waals surface area (Å²) in [5, 5.41) is 5.95. The maximum absolute atomic E-state index is 11.2. The second kappa shape index (κ2) is 5.11. The Morgan fingerprint density at radius 2 is 2.58 bits per heavy atom. The van der Waals surface area contributed by atoms with Crippen molar-refractivity contribution in [2.24, 2.45) is 0 Å². The van der Waals surface area contributed by atoms with Crippen LogP contribution in [0, 0.1) is 0 Å². The maximum atomic E-state index is 11.2. The molecule has 1 unspecified atom stereocenters. The zero-order chi connectivity index (χ0) is 8.81. The fourth-order valence-corrected chi connectivity index (χ4v) is 1.30. The van der Waals surface area contributed by atoms with Crippen LogP contribution < -0.4 is 10.6 Å². The molecule has 0 aliphatic carbocycles. The third-order valence-corrected chi connectivity index (χ3v) is 1.98. The number of methoxy groups -OCH3 is 1. The van der Waals surface area contributed by atoms with Crippen LogP contribution in [0.3, 0.4) is 0 Å². The number of nitrogens with one attached hydrogen (secondary N) is 2. The van der Waals surface area contributed by atoms with Gasteiger partial charge < -0.3 is 15.4 Å². The highest BCUT2D eigenvalue weighted by Gasteiger charge is 2.20. The summed E-state index contributed by atoms with van der Waals surface area (Å²) in [7, 11) is 1.66. The van der Waals surface area contributed by atoms with E-state index in [4.69, 9.17) is 4.74 Å². The van der Waals surface area contributed by atoms with E-state index in [1.807, 2.05) is 0 Å². The van der Waals surface area contributed by atoms with Crippen LogP contribution in [-0.4, -0.2) is 38.8 Å². The summed E-state index contributed by atoms with van der Waals surface area (Å²) in [4.78, 5) is 11.2. The number of piperidine rings is 1. The van der Waals surface area contributed by atoms with Gasteiger partial charge in [-0.3, -0.25) is 4.79 Å². The van der Waals surface area contributed by atoms with Crippen LogP contribution in [0.2, 0.25) is 0 Å². The first kappa shape index (κ1) is 9.48. The lowest BCUT2D eigenvalue weighted by Gasteiger charge is -2.22. The maximum Gasteiger partial charge on any atom is 0.237 e. The van der Waals surface area contributed by atoms with Gasteiger partial charge in [0.2, 0.25) is 5.91 Å². The Balaban J connectivity index is 2.16. The summed E-state index contributed by atoms with van der Waals surface area (Å²) >= 11 is 0. The van der Waals surface area contributed by atoms with Gasteiger partial charge in [-0.25, -0.2) is 0 Å². The first-order chi connectivity index (χ1) is 5.84. The average molecular weight is 172 g/mol. The van der Waals surface area contributed by atoms with Gasteiger partial charge in [0.05, 0.1) is 12.6 Å². The molecule has 0 aromatic heterocycles. The third-order valence-electron chi connectivity index (χ3n) is 1.98. The molecule has 0 spiro atoms. The van der Waals surface area contributed by atoms with E-state index in [0.29, 0.717) is 6.61 Å². The van der Waals surface area contributed by atoms with Gasteiger partial charge >= 0.3 is 0 Å². The number of amides is 1. The quantitative estimate of drug-likeness (QED) is 0.562. The molecule has 1 amide bonds. The molecule has 4 heteroatoms. The molecule has 70 valence electrons. The molecule has 0 aromatic carbocycles. The molecule has 12 heavy (non-hydrogen) atoms. The molecular formula is C8H16N2O2. The van der Waals surface area contributed by atoms with E-state index in [-0.39, 0.29) is 11.9 Å². The number of ether oxygens (including phenoxy) is 1. The molecule has 1 atom stereocenters. The Hall–Kier alpha value is -0.610. The number of hydrogen-bond donors (Lipinski definition) is 2. The summed E-state index contributed by atoms with van der Waals surface area (Å²) < 4.78 is 4.87. The van der Waals surface area contributed by atoms with Gasteiger partial charge in [-0.2, -0.15) is 0 Å². The molecule has 0 aromatic rings. The standard InChI is InChI=1S/C8H16N2O2/c1-12-6-5-9-7-3-2-4-10-8(7)11/h7,9H,2-6H2,1H3,(H,10,11). The van der Waals surface area contributed by atoms with E-state index in [2.05, 4.69) is 10.6 Å². The van der Waals surface area contributed by atoms with Crippen molar-refractivity contribution in [3.63, 3.8) is 0 Å². The zero-order valence-electron chi connectivity index (χ0n) is 7.43. The highest BCUT2D eigenvalue weighted by molar-refractivity contribution is 5.82. The van der Waals surface area contributed by atoms with Crippen LogP contribution in [0.25, 0.3) is 0 Å². The minimum absolute atomic E-state index is 0.00565. The fourth-order valence-electron chi connectivity index (χ4n) is 1.30. The second-order valence-electron chi connectivity index (χ2n) is 2.93. The lowest BCUT2D eigenvalue weighted by molar-refractivity contribution is -0.124. The fraction of sp³-hybridized carbons (Fsp3) is 0.875. The largest absolute Gasteiger partial charge is 0.383 e. The molecule has 4 nitrogen and oxygen atoms in total. The normalized spacial score (nSPS) is 23.8. The van der Waals surface area contributed by atoms with E-state index >= 15 is 0 Å². The van der Waals surface area contributed by atoms with Crippen molar-refractivity contribution in [1.82, 2.24) is 10.6 Å². The average Bonchev–Trinajstić information content (AvgIpc) is 2.09. The van der Waals surface area contributed by atoms with Gasteiger partial charge in [-0.05, 0) is 12.8 Å². The summed E-state index contributed by atoms with van der Waals surface area (Å²) in [6.45, 7) is 2.22. The van der Waals surface area contributed by atoms with E-state index in [0.717, 1.165) is 25.9 Å². The summed E-state index contributed by atoms with van der Waals surface area (Å²) in [5.74, 6) is 0.123. The molecule has 1 saturated heterocycles. The van der Waals surface area contributed by atoms with Crippen LogP contribution in [-0.2, 0) is 9.53 Å². The number of carbonyl (C=O) groups excluding carboxylic acids is 1. The van der Waals surface area contributed by atoms with Gasteiger partial charge in [-0.15, -0.1) is 0 Å².